The van der Waals surface area contributed by atoms with Gasteiger partial charge in [0.25, 0.3) is 0 Å². The first kappa shape index (κ1) is 19.1. The largest absolute Gasteiger partial charge is 0.390 e. The number of rotatable bonds is 9. The van der Waals surface area contributed by atoms with E-state index in [-0.39, 0.29) is 12.5 Å². The zero-order valence-corrected chi connectivity index (χ0v) is 14.9. The molecule has 0 heterocycles. The van der Waals surface area contributed by atoms with E-state index in [4.69, 9.17) is 0 Å². The van der Waals surface area contributed by atoms with E-state index in [1.54, 1.807) is 0 Å². The first-order valence-electron chi connectivity index (χ1n) is 8.47. The number of amides is 1. The highest BCUT2D eigenvalue weighted by Crippen LogP contribution is 2.06. The third-order valence-electron chi connectivity index (χ3n) is 3.81. The summed E-state index contributed by atoms with van der Waals surface area (Å²) >= 11 is 0. The van der Waals surface area contributed by atoms with Crippen molar-refractivity contribution < 1.29 is 9.90 Å². The van der Waals surface area contributed by atoms with Gasteiger partial charge in [0.05, 0.1) is 12.6 Å². The van der Waals surface area contributed by atoms with Crippen LogP contribution in [0.4, 0.5) is 5.69 Å². The van der Waals surface area contributed by atoms with E-state index in [1.807, 2.05) is 67.5 Å². The van der Waals surface area contributed by atoms with Crippen LogP contribution in [-0.4, -0.2) is 60.6 Å². The van der Waals surface area contributed by atoms with Crippen molar-refractivity contribution in [3.8, 4) is 0 Å². The molecule has 0 aromatic heterocycles. The maximum absolute atomic E-state index is 12.0. The average Bonchev–Trinajstić information content (AvgIpc) is 2.55. The van der Waals surface area contributed by atoms with Crippen LogP contribution in [0.3, 0.4) is 0 Å². The highest BCUT2D eigenvalue weighted by atomic mass is 16.3. The number of hydrogen-bond donors (Lipinski definition) is 2. The van der Waals surface area contributed by atoms with Gasteiger partial charge in [-0.15, -0.1) is 0 Å². The van der Waals surface area contributed by atoms with Gasteiger partial charge in [-0.2, -0.15) is 0 Å². The fourth-order valence-electron chi connectivity index (χ4n) is 2.77. The van der Waals surface area contributed by atoms with Gasteiger partial charge in [0.1, 0.15) is 0 Å². The summed E-state index contributed by atoms with van der Waals surface area (Å²) in [6, 6.07) is 19.5. The first-order valence-corrected chi connectivity index (χ1v) is 8.47. The number of nitrogens with zero attached hydrogens (tertiary/aromatic N) is 2. The molecule has 2 rings (SSSR count). The maximum Gasteiger partial charge on any atom is 0.238 e. The van der Waals surface area contributed by atoms with Crippen molar-refractivity contribution in [2.24, 2.45) is 0 Å². The molecule has 0 saturated heterocycles. The Morgan fingerprint density at radius 1 is 0.960 bits per heavy atom. The van der Waals surface area contributed by atoms with Gasteiger partial charge in [-0.1, -0.05) is 48.5 Å². The van der Waals surface area contributed by atoms with Gasteiger partial charge in [-0.05, 0) is 31.8 Å². The minimum atomic E-state index is -0.511. The number of aliphatic hydroxyl groups is 1. The van der Waals surface area contributed by atoms with Crippen LogP contribution in [0.2, 0.25) is 0 Å². The SMILES string of the molecule is CN(CC(=O)Nc1ccccc1)CC(O)CN(C)Cc1ccccc1. The summed E-state index contributed by atoms with van der Waals surface area (Å²) < 4.78 is 0. The third kappa shape index (κ3) is 7.47. The number of hydrogen-bond acceptors (Lipinski definition) is 4. The smallest absolute Gasteiger partial charge is 0.238 e. The fraction of sp³-hybridized carbons (Fsp3) is 0.350. The molecule has 0 radical (unpaired) electrons. The van der Waals surface area contributed by atoms with E-state index in [9.17, 15) is 9.90 Å². The minimum absolute atomic E-state index is 0.0847. The molecule has 1 atom stereocenters. The van der Waals surface area contributed by atoms with Crippen LogP contribution in [-0.2, 0) is 11.3 Å². The average molecular weight is 341 g/mol. The Hall–Kier alpha value is -2.21. The highest BCUT2D eigenvalue weighted by molar-refractivity contribution is 5.92. The molecular formula is C20H27N3O2. The molecule has 0 saturated carbocycles. The Morgan fingerprint density at radius 2 is 1.52 bits per heavy atom. The van der Waals surface area contributed by atoms with Gasteiger partial charge in [0.15, 0.2) is 0 Å². The van der Waals surface area contributed by atoms with Gasteiger partial charge in [0.2, 0.25) is 5.91 Å². The van der Waals surface area contributed by atoms with Crippen LogP contribution in [0.15, 0.2) is 60.7 Å². The fourth-order valence-corrected chi connectivity index (χ4v) is 2.77. The molecule has 0 aliphatic carbocycles. The molecule has 2 N–H and O–H groups in total. The first-order chi connectivity index (χ1) is 12.0. The van der Waals surface area contributed by atoms with E-state index in [0.29, 0.717) is 13.1 Å². The molecule has 2 aromatic carbocycles. The van der Waals surface area contributed by atoms with Crippen LogP contribution in [0, 0.1) is 0 Å². The van der Waals surface area contributed by atoms with Crippen molar-refractivity contribution in [1.29, 1.82) is 0 Å². The van der Waals surface area contributed by atoms with Crippen LogP contribution >= 0.6 is 0 Å². The number of nitrogens with one attached hydrogen (secondary N) is 1. The van der Waals surface area contributed by atoms with Crippen LogP contribution in [0.1, 0.15) is 5.56 Å². The third-order valence-corrected chi connectivity index (χ3v) is 3.81. The van der Waals surface area contributed by atoms with Crippen molar-refractivity contribution in [1.82, 2.24) is 9.80 Å². The van der Waals surface area contributed by atoms with E-state index < -0.39 is 6.10 Å². The molecule has 0 aliphatic rings. The number of anilines is 1. The molecule has 5 nitrogen and oxygen atoms in total. The second kappa shape index (κ2) is 9.93. The number of benzene rings is 2. The van der Waals surface area contributed by atoms with E-state index in [1.165, 1.54) is 5.56 Å². The number of likely N-dealkylation sites (N-methyl/N-ethyl adjacent to an activating group) is 2. The molecule has 25 heavy (non-hydrogen) atoms. The lowest BCUT2D eigenvalue weighted by Gasteiger charge is -2.24. The lowest BCUT2D eigenvalue weighted by atomic mass is 10.2. The number of carbonyl (C=O) groups is 1. The van der Waals surface area contributed by atoms with Gasteiger partial charge in [-0.25, -0.2) is 0 Å². The van der Waals surface area contributed by atoms with Gasteiger partial charge >= 0.3 is 0 Å². The van der Waals surface area contributed by atoms with Crippen molar-refractivity contribution >= 4 is 11.6 Å². The maximum atomic E-state index is 12.0. The molecule has 0 bridgehead atoms. The van der Waals surface area contributed by atoms with Crippen molar-refractivity contribution in [2.75, 3.05) is 39.0 Å². The quantitative estimate of drug-likeness (QED) is 0.733. The zero-order valence-electron chi connectivity index (χ0n) is 14.9. The molecule has 1 unspecified atom stereocenters. The lowest BCUT2D eigenvalue weighted by Crippen LogP contribution is -2.40. The second-order valence-corrected chi connectivity index (χ2v) is 6.45. The standard InChI is InChI=1S/C20H27N3O2/c1-22(13-17-9-5-3-6-10-17)14-19(24)15-23(2)16-20(25)21-18-11-7-4-8-12-18/h3-12,19,24H,13-16H2,1-2H3,(H,21,25). The summed E-state index contributed by atoms with van der Waals surface area (Å²) in [6.07, 6.45) is -0.511. The predicted octanol–water partition coefficient (Wildman–Crippen LogP) is 2.05. The van der Waals surface area contributed by atoms with Crippen LogP contribution < -0.4 is 5.32 Å². The Morgan fingerprint density at radius 3 is 2.16 bits per heavy atom. The van der Waals surface area contributed by atoms with Crippen molar-refractivity contribution in [3.05, 3.63) is 66.2 Å². The normalized spacial score (nSPS) is 12.4. The Labute approximate surface area is 149 Å². The Balaban J connectivity index is 1.70. The highest BCUT2D eigenvalue weighted by Gasteiger charge is 2.14. The van der Waals surface area contributed by atoms with Crippen LogP contribution in [0.5, 0.6) is 0 Å². The summed E-state index contributed by atoms with van der Waals surface area (Å²) in [5.41, 5.74) is 2.00. The molecule has 1 amide bonds. The molecule has 134 valence electrons. The lowest BCUT2D eigenvalue weighted by molar-refractivity contribution is -0.117. The van der Waals surface area contributed by atoms with E-state index in [0.717, 1.165) is 12.2 Å². The molecule has 2 aromatic rings. The predicted molar refractivity (Wildman–Crippen MR) is 101 cm³/mol. The van der Waals surface area contributed by atoms with Gasteiger partial charge in [-0.3, -0.25) is 14.6 Å². The molecular weight excluding hydrogens is 314 g/mol. The summed E-state index contributed by atoms with van der Waals surface area (Å²) in [4.78, 5) is 15.9. The second-order valence-electron chi connectivity index (χ2n) is 6.45. The summed E-state index contributed by atoms with van der Waals surface area (Å²) in [7, 11) is 3.82. The number of para-hydroxylation sites is 1. The van der Waals surface area contributed by atoms with E-state index in [2.05, 4.69) is 22.3 Å². The topological polar surface area (TPSA) is 55.8 Å². The minimum Gasteiger partial charge on any atom is -0.390 e. The zero-order chi connectivity index (χ0) is 18.1. The van der Waals surface area contributed by atoms with E-state index >= 15 is 0 Å². The Bertz CT molecular complexity index is 634. The molecule has 0 spiro atoms. The molecule has 0 fully saturated rings. The van der Waals surface area contributed by atoms with Crippen molar-refractivity contribution in [2.45, 2.75) is 12.6 Å². The summed E-state index contributed by atoms with van der Waals surface area (Å²) in [6.45, 7) is 2.03. The Kier molecular flexibility index (Phi) is 7.60. The van der Waals surface area contributed by atoms with Crippen molar-refractivity contribution in [3.63, 3.8) is 0 Å². The van der Waals surface area contributed by atoms with Gasteiger partial charge < -0.3 is 10.4 Å². The summed E-state index contributed by atoms with van der Waals surface area (Å²) in [5.74, 6) is -0.0847. The number of carbonyl (C=O) groups excluding carboxylic acids is 1. The van der Waals surface area contributed by atoms with Crippen LogP contribution in [0.25, 0.3) is 0 Å². The number of aliphatic hydroxyl groups excluding tert-OH is 1. The molecule has 5 heteroatoms. The van der Waals surface area contributed by atoms with Gasteiger partial charge in [0, 0.05) is 25.3 Å². The monoisotopic (exact) mass is 341 g/mol. The summed E-state index contributed by atoms with van der Waals surface area (Å²) in [5, 5.41) is 13.1. The molecule has 0 aliphatic heterocycles.